The molecule has 2 rings (SSSR count). The zero-order valence-electron chi connectivity index (χ0n) is 12.3. The summed E-state index contributed by atoms with van der Waals surface area (Å²) >= 11 is 0. The summed E-state index contributed by atoms with van der Waals surface area (Å²) in [6.07, 6.45) is 3.37. The summed E-state index contributed by atoms with van der Waals surface area (Å²) in [4.78, 5) is 10.8. The van der Waals surface area contributed by atoms with E-state index in [1.807, 2.05) is 13.8 Å². The Kier molecular flexibility index (Phi) is 4.59. The summed E-state index contributed by atoms with van der Waals surface area (Å²) in [5, 5.41) is 22.1. The lowest BCUT2D eigenvalue weighted by atomic mass is 10.1. The van der Waals surface area contributed by atoms with E-state index < -0.39 is 0 Å². The van der Waals surface area contributed by atoms with Crippen LogP contribution < -0.4 is 10.6 Å². The summed E-state index contributed by atoms with van der Waals surface area (Å²) < 4.78 is 1.70. The van der Waals surface area contributed by atoms with Crippen LogP contribution in [0.15, 0.2) is 0 Å². The Morgan fingerprint density at radius 2 is 2.35 bits per heavy atom. The summed E-state index contributed by atoms with van der Waals surface area (Å²) in [7, 11) is 0. The van der Waals surface area contributed by atoms with Gasteiger partial charge in [-0.2, -0.15) is 5.10 Å². The standard InChI is InChI=1S/C13H23N5O2/c1-9(2)17-13(12(18(19)20)10(3)16-17)15-8-6-11-5-4-7-14-11/h9,11,14-15H,4-8H2,1-3H3/t11-/m1/s1. The molecule has 0 aromatic carbocycles. The van der Waals surface area contributed by atoms with Gasteiger partial charge < -0.3 is 10.6 Å². The average Bonchev–Trinajstić information content (AvgIpc) is 2.97. The minimum atomic E-state index is -0.350. The van der Waals surface area contributed by atoms with Gasteiger partial charge in [0, 0.05) is 18.6 Å². The first-order chi connectivity index (χ1) is 9.50. The highest BCUT2D eigenvalue weighted by Crippen LogP contribution is 2.30. The maximum Gasteiger partial charge on any atom is 0.333 e. The third-order valence-corrected chi connectivity index (χ3v) is 3.67. The van der Waals surface area contributed by atoms with Gasteiger partial charge in [-0.1, -0.05) is 0 Å². The van der Waals surface area contributed by atoms with Gasteiger partial charge in [0.2, 0.25) is 5.82 Å². The monoisotopic (exact) mass is 281 g/mol. The lowest BCUT2D eigenvalue weighted by Gasteiger charge is -2.14. The molecule has 1 aliphatic rings. The molecule has 1 fully saturated rings. The van der Waals surface area contributed by atoms with Crippen molar-refractivity contribution in [1.29, 1.82) is 0 Å². The molecule has 0 amide bonds. The number of hydrogen-bond acceptors (Lipinski definition) is 5. The van der Waals surface area contributed by atoms with Crippen LogP contribution >= 0.6 is 0 Å². The predicted molar refractivity (Wildman–Crippen MR) is 78.1 cm³/mol. The lowest BCUT2D eigenvalue weighted by molar-refractivity contribution is -0.384. The van der Waals surface area contributed by atoms with E-state index >= 15 is 0 Å². The molecule has 0 saturated carbocycles. The van der Waals surface area contributed by atoms with Gasteiger partial charge in [0.1, 0.15) is 5.69 Å². The molecule has 0 spiro atoms. The normalized spacial score (nSPS) is 18.7. The van der Waals surface area contributed by atoms with Crippen molar-refractivity contribution in [3.05, 3.63) is 15.8 Å². The highest BCUT2D eigenvalue weighted by Gasteiger charge is 2.26. The molecule has 2 N–H and O–H groups in total. The van der Waals surface area contributed by atoms with Crippen molar-refractivity contribution in [2.45, 2.75) is 52.1 Å². The van der Waals surface area contributed by atoms with Crippen molar-refractivity contribution in [1.82, 2.24) is 15.1 Å². The van der Waals surface area contributed by atoms with Crippen molar-refractivity contribution in [3.8, 4) is 0 Å². The Labute approximate surface area is 118 Å². The number of nitrogens with one attached hydrogen (secondary N) is 2. The number of anilines is 1. The smallest absolute Gasteiger partial charge is 0.333 e. The number of hydrogen-bond donors (Lipinski definition) is 2. The lowest BCUT2D eigenvalue weighted by Crippen LogP contribution is -2.24. The van der Waals surface area contributed by atoms with E-state index in [0.29, 0.717) is 17.6 Å². The first-order valence-corrected chi connectivity index (χ1v) is 7.21. The SMILES string of the molecule is Cc1nn(C(C)C)c(NCC[C@H]2CCCN2)c1[N+](=O)[O-]. The van der Waals surface area contributed by atoms with Crippen LogP contribution in [0.25, 0.3) is 0 Å². The van der Waals surface area contributed by atoms with E-state index in [9.17, 15) is 10.1 Å². The van der Waals surface area contributed by atoms with E-state index in [0.717, 1.165) is 19.5 Å². The molecule has 7 heteroatoms. The summed E-state index contributed by atoms with van der Waals surface area (Å²) in [5.41, 5.74) is 0.559. The highest BCUT2D eigenvalue weighted by molar-refractivity contribution is 5.59. The Balaban J connectivity index is 2.09. The summed E-state index contributed by atoms with van der Waals surface area (Å²) in [6, 6.07) is 0.618. The minimum absolute atomic E-state index is 0.0921. The number of aromatic nitrogens is 2. The van der Waals surface area contributed by atoms with Crippen LogP contribution in [0.1, 0.15) is 44.8 Å². The Morgan fingerprint density at radius 3 is 2.90 bits per heavy atom. The molecule has 1 aromatic heterocycles. The molecule has 1 aromatic rings. The molecule has 1 aliphatic heterocycles. The van der Waals surface area contributed by atoms with Crippen LogP contribution in [0, 0.1) is 17.0 Å². The molecule has 112 valence electrons. The summed E-state index contributed by atoms with van der Waals surface area (Å²) in [6.45, 7) is 7.42. The van der Waals surface area contributed by atoms with E-state index in [-0.39, 0.29) is 16.7 Å². The van der Waals surface area contributed by atoms with E-state index in [4.69, 9.17) is 0 Å². The van der Waals surface area contributed by atoms with Crippen LogP contribution in [0.4, 0.5) is 11.5 Å². The number of nitro groups is 1. The third-order valence-electron chi connectivity index (χ3n) is 3.67. The second-order valence-corrected chi connectivity index (χ2v) is 5.59. The zero-order chi connectivity index (χ0) is 14.7. The maximum atomic E-state index is 11.2. The van der Waals surface area contributed by atoms with Gasteiger partial charge in [0.15, 0.2) is 0 Å². The van der Waals surface area contributed by atoms with E-state index in [1.165, 1.54) is 12.8 Å². The Hall–Kier alpha value is -1.63. The van der Waals surface area contributed by atoms with Crippen LogP contribution in [-0.2, 0) is 0 Å². The fourth-order valence-electron chi connectivity index (χ4n) is 2.66. The molecule has 0 bridgehead atoms. The largest absolute Gasteiger partial charge is 0.364 e. The molecule has 1 atom stereocenters. The van der Waals surface area contributed by atoms with Crippen molar-refractivity contribution in [2.75, 3.05) is 18.4 Å². The molecule has 0 radical (unpaired) electrons. The molecular weight excluding hydrogens is 258 g/mol. The Morgan fingerprint density at radius 1 is 1.60 bits per heavy atom. The molecule has 2 heterocycles. The highest BCUT2D eigenvalue weighted by atomic mass is 16.6. The molecule has 20 heavy (non-hydrogen) atoms. The maximum absolute atomic E-state index is 11.2. The second kappa shape index (κ2) is 6.21. The van der Waals surface area contributed by atoms with Crippen molar-refractivity contribution in [2.24, 2.45) is 0 Å². The number of nitrogens with zero attached hydrogens (tertiary/aromatic N) is 3. The van der Waals surface area contributed by atoms with Crippen LogP contribution in [0.5, 0.6) is 0 Å². The fourth-order valence-corrected chi connectivity index (χ4v) is 2.66. The van der Waals surface area contributed by atoms with Gasteiger partial charge >= 0.3 is 5.69 Å². The fraction of sp³-hybridized carbons (Fsp3) is 0.769. The van der Waals surface area contributed by atoms with Crippen molar-refractivity contribution in [3.63, 3.8) is 0 Å². The first-order valence-electron chi connectivity index (χ1n) is 7.21. The van der Waals surface area contributed by atoms with Gasteiger partial charge in [-0.3, -0.25) is 10.1 Å². The first kappa shape index (κ1) is 14.8. The van der Waals surface area contributed by atoms with Gasteiger partial charge in [-0.05, 0) is 46.6 Å². The third kappa shape index (κ3) is 3.09. The molecular formula is C13H23N5O2. The Bertz CT molecular complexity index is 477. The molecule has 0 unspecified atom stereocenters. The van der Waals surface area contributed by atoms with E-state index in [1.54, 1.807) is 11.6 Å². The molecule has 1 saturated heterocycles. The van der Waals surface area contributed by atoms with Crippen molar-refractivity contribution >= 4 is 11.5 Å². The summed E-state index contributed by atoms with van der Waals surface area (Å²) in [5.74, 6) is 0.528. The molecule has 7 nitrogen and oxygen atoms in total. The predicted octanol–water partition coefficient (Wildman–Crippen LogP) is 2.23. The minimum Gasteiger partial charge on any atom is -0.364 e. The average molecular weight is 281 g/mol. The van der Waals surface area contributed by atoms with Crippen LogP contribution in [-0.4, -0.2) is 33.8 Å². The number of rotatable bonds is 6. The zero-order valence-corrected chi connectivity index (χ0v) is 12.3. The van der Waals surface area contributed by atoms with Crippen molar-refractivity contribution < 1.29 is 4.92 Å². The molecule has 0 aliphatic carbocycles. The van der Waals surface area contributed by atoms with Gasteiger partial charge in [-0.15, -0.1) is 0 Å². The van der Waals surface area contributed by atoms with Gasteiger partial charge in [0.05, 0.1) is 4.92 Å². The number of aryl methyl sites for hydroxylation is 1. The second-order valence-electron chi connectivity index (χ2n) is 5.59. The van der Waals surface area contributed by atoms with Gasteiger partial charge in [-0.25, -0.2) is 4.68 Å². The van der Waals surface area contributed by atoms with E-state index in [2.05, 4.69) is 15.7 Å². The van der Waals surface area contributed by atoms with Crippen LogP contribution in [0.3, 0.4) is 0 Å². The van der Waals surface area contributed by atoms with Crippen LogP contribution in [0.2, 0.25) is 0 Å². The topological polar surface area (TPSA) is 85.0 Å². The quantitative estimate of drug-likeness (QED) is 0.617. The van der Waals surface area contributed by atoms with Gasteiger partial charge in [0.25, 0.3) is 0 Å².